The van der Waals surface area contributed by atoms with E-state index in [1.807, 2.05) is 42.5 Å². The van der Waals surface area contributed by atoms with Crippen molar-refractivity contribution in [2.75, 3.05) is 6.61 Å². The Morgan fingerprint density at radius 1 is 1.16 bits per heavy atom. The molecule has 98 valence electrons. The minimum Gasteiger partial charge on any atom is -0.482 e. The van der Waals surface area contributed by atoms with Gasteiger partial charge in [0.25, 0.3) is 0 Å². The van der Waals surface area contributed by atoms with Gasteiger partial charge >= 0.3 is 5.97 Å². The molecular formula is C15H13BrO3. The molecule has 0 saturated heterocycles. The van der Waals surface area contributed by atoms with Crippen LogP contribution in [0, 0.1) is 0 Å². The van der Waals surface area contributed by atoms with Gasteiger partial charge in [-0.05, 0) is 29.3 Å². The van der Waals surface area contributed by atoms with E-state index in [9.17, 15) is 4.79 Å². The maximum Gasteiger partial charge on any atom is 0.341 e. The van der Waals surface area contributed by atoms with Crippen LogP contribution < -0.4 is 4.74 Å². The Morgan fingerprint density at radius 3 is 2.58 bits per heavy atom. The third kappa shape index (κ3) is 4.10. The second-order valence-corrected chi connectivity index (χ2v) is 5.01. The van der Waals surface area contributed by atoms with Gasteiger partial charge in [0.2, 0.25) is 0 Å². The van der Waals surface area contributed by atoms with E-state index in [1.54, 1.807) is 6.07 Å². The average Bonchev–Trinajstić information content (AvgIpc) is 2.39. The molecule has 0 unspecified atom stereocenters. The molecule has 19 heavy (non-hydrogen) atoms. The lowest BCUT2D eigenvalue weighted by Crippen LogP contribution is -2.10. The zero-order chi connectivity index (χ0) is 13.7. The summed E-state index contributed by atoms with van der Waals surface area (Å²) in [7, 11) is 0. The predicted molar refractivity (Wildman–Crippen MR) is 76.5 cm³/mol. The first-order valence-corrected chi connectivity index (χ1v) is 6.61. The van der Waals surface area contributed by atoms with Gasteiger partial charge in [-0.2, -0.15) is 0 Å². The Kier molecular flexibility index (Phi) is 4.58. The maximum atomic E-state index is 10.6. The summed E-state index contributed by atoms with van der Waals surface area (Å²) in [6.45, 7) is -0.330. The summed E-state index contributed by atoms with van der Waals surface area (Å²) in [6.07, 6.45) is 0.704. The molecule has 4 heteroatoms. The first-order chi connectivity index (χ1) is 9.15. The Morgan fingerprint density at radius 2 is 1.89 bits per heavy atom. The summed E-state index contributed by atoms with van der Waals surface area (Å²) in [5, 5.41) is 8.68. The van der Waals surface area contributed by atoms with E-state index in [0.29, 0.717) is 12.2 Å². The maximum absolute atomic E-state index is 10.6. The van der Waals surface area contributed by atoms with Crippen molar-refractivity contribution < 1.29 is 14.6 Å². The van der Waals surface area contributed by atoms with Crippen molar-refractivity contribution in [2.45, 2.75) is 6.42 Å². The zero-order valence-corrected chi connectivity index (χ0v) is 11.8. The fraction of sp³-hybridized carbons (Fsp3) is 0.133. The standard InChI is InChI=1S/C15H13BrO3/c16-13-6-7-14(19-10-15(17)18)12(9-13)8-11-4-2-1-3-5-11/h1-7,9H,8,10H2,(H,17,18). The van der Waals surface area contributed by atoms with E-state index >= 15 is 0 Å². The van der Waals surface area contributed by atoms with E-state index in [1.165, 1.54) is 0 Å². The number of ether oxygens (including phenoxy) is 1. The normalized spacial score (nSPS) is 10.2. The molecule has 0 aliphatic carbocycles. The smallest absolute Gasteiger partial charge is 0.341 e. The Balaban J connectivity index is 2.22. The number of carboxylic acids is 1. The van der Waals surface area contributed by atoms with E-state index < -0.39 is 5.97 Å². The molecule has 0 aromatic heterocycles. The number of hydrogen-bond acceptors (Lipinski definition) is 2. The molecule has 0 spiro atoms. The summed E-state index contributed by atoms with van der Waals surface area (Å²) in [6, 6.07) is 15.5. The highest BCUT2D eigenvalue weighted by Crippen LogP contribution is 2.25. The highest BCUT2D eigenvalue weighted by atomic mass is 79.9. The molecule has 3 nitrogen and oxygen atoms in total. The van der Waals surface area contributed by atoms with Crippen molar-refractivity contribution in [1.82, 2.24) is 0 Å². The summed E-state index contributed by atoms with van der Waals surface area (Å²) in [5.41, 5.74) is 2.11. The largest absolute Gasteiger partial charge is 0.482 e. The van der Waals surface area contributed by atoms with E-state index in [0.717, 1.165) is 15.6 Å². The van der Waals surface area contributed by atoms with Gasteiger partial charge in [-0.25, -0.2) is 4.79 Å². The molecule has 0 bridgehead atoms. The molecule has 2 aromatic carbocycles. The number of rotatable bonds is 5. The third-order valence-corrected chi connectivity index (χ3v) is 3.10. The van der Waals surface area contributed by atoms with Crippen molar-refractivity contribution in [3.8, 4) is 5.75 Å². The summed E-state index contributed by atoms with van der Waals surface area (Å²) >= 11 is 3.42. The second kappa shape index (κ2) is 6.38. The van der Waals surface area contributed by atoms with Crippen LogP contribution in [-0.4, -0.2) is 17.7 Å². The van der Waals surface area contributed by atoms with Crippen LogP contribution in [0.15, 0.2) is 53.0 Å². The number of benzene rings is 2. The van der Waals surface area contributed by atoms with Gasteiger partial charge in [0.05, 0.1) is 0 Å². The first kappa shape index (κ1) is 13.6. The second-order valence-electron chi connectivity index (χ2n) is 4.10. The molecule has 0 heterocycles. The Labute approximate surface area is 120 Å². The van der Waals surface area contributed by atoms with Crippen molar-refractivity contribution in [3.05, 3.63) is 64.1 Å². The lowest BCUT2D eigenvalue weighted by molar-refractivity contribution is -0.139. The van der Waals surface area contributed by atoms with Gasteiger partial charge in [-0.3, -0.25) is 0 Å². The predicted octanol–water partition coefficient (Wildman–Crippen LogP) is 3.50. The summed E-state index contributed by atoms with van der Waals surface area (Å²) in [5.74, 6) is -0.372. The van der Waals surface area contributed by atoms with E-state index in [4.69, 9.17) is 9.84 Å². The van der Waals surface area contributed by atoms with Gasteiger partial charge in [0.15, 0.2) is 6.61 Å². The minimum atomic E-state index is -0.978. The SMILES string of the molecule is O=C(O)COc1ccc(Br)cc1Cc1ccccc1. The quantitative estimate of drug-likeness (QED) is 0.917. The number of halogens is 1. The fourth-order valence-corrected chi connectivity index (χ4v) is 2.19. The van der Waals surface area contributed by atoms with E-state index in [2.05, 4.69) is 15.9 Å². The van der Waals surface area contributed by atoms with Gasteiger partial charge in [0, 0.05) is 10.9 Å². The molecule has 0 aliphatic rings. The molecule has 1 N–H and O–H groups in total. The van der Waals surface area contributed by atoms with Gasteiger partial charge < -0.3 is 9.84 Å². The van der Waals surface area contributed by atoms with Crippen LogP contribution in [-0.2, 0) is 11.2 Å². The molecule has 0 atom stereocenters. The van der Waals surface area contributed by atoms with Crippen LogP contribution in [0.5, 0.6) is 5.75 Å². The molecule has 0 fully saturated rings. The molecule has 0 amide bonds. The molecule has 2 rings (SSSR count). The van der Waals surface area contributed by atoms with Crippen LogP contribution in [0.3, 0.4) is 0 Å². The zero-order valence-electron chi connectivity index (χ0n) is 10.2. The molecule has 0 radical (unpaired) electrons. The van der Waals surface area contributed by atoms with Crippen molar-refractivity contribution in [3.63, 3.8) is 0 Å². The fourth-order valence-electron chi connectivity index (χ4n) is 1.78. The summed E-state index contributed by atoms with van der Waals surface area (Å²) in [4.78, 5) is 10.6. The Hall–Kier alpha value is -1.81. The molecule has 0 saturated carbocycles. The van der Waals surface area contributed by atoms with Crippen LogP contribution in [0.25, 0.3) is 0 Å². The van der Waals surface area contributed by atoms with Crippen molar-refractivity contribution in [2.24, 2.45) is 0 Å². The van der Waals surface area contributed by atoms with Gasteiger partial charge in [-0.1, -0.05) is 46.3 Å². The van der Waals surface area contributed by atoms with Gasteiger partial charge in [0.1, 0.15) is 5.75 Å². The average molecular weight is 321 g/mol. The third-order valence-electron chi connectivity index (χ3n) is 2.61. The number of aliphatic carboxylic acids is 1. The van der Waals surface area contributed by atoms with Gasteiger partial charge in [-0.15, -0.1) is 0 Å². The summed E-state index contributed by atoms with van der Waals surface area (Å²) < 4.78 is 6.25. The number of hydrogen-bond donors (Lipinski definition) is 1. The highest BCUT2D eigenvalue weighted by Gasteiger charge is 2.07. The number of carboxylic acid groups (broad SMARTS) is 1. The molecule has 2 aromatic rings. The van der Waals surface area contributed by atoms with E-state index in [-0.39, 0.29) is 6.61 Å². The van der Waals surface area contributed by atoms with Crippen LogP contribution in [0.2, 0.25) is 0 Å². The number of carbonyl (C=O) groups is 1. The van der Waals surface area contributed by atoms with Crippen LogP contribution in [0.4, 0.5) is 0 Å². The first-order valence-electron chi connectivity index (χ1n) is 5.82. The highest BCUT2D eigenvalue weighted by molar-refractivity contribution is 9.10. The topological polar surface area (TPSA) is 46.5 Å². The van der Waals surface area contributed by atoms with Crippen LogP contribution >= 0.6 is 15.9 Å². The van der Waals surface area contributed by atoms with Crippen molar-refractivity contribution in [1.29, 1.82) is 0 Å². The Bertz CT molecular complexity index is 567. The lowest BCUT2D eigenvalue weighted by atomic mass is 10.0. The lowest BCUT2D eigenvalue weighted by Gasteiger charge is -2.10. The molecular weight excluding hydrogens is 308 g/mol. The minimum absolute atomic E-state index is 0.330. The van der Waals surface area contributed by atoms with Crippen LogP contribution in [0.1, 0.15) is 11.1 Å². The van der Waals surface area contributed by atoms with Crippen molar-refractivity contribution >= 4 is 21.9 Å². The monoisotopic (exact) mass is 320 g/mol. The molecule has 0 aliphatic heterocycles.